The van der Waals surface area contributed by atoms with Gasteiger partial charge in [0, 0.05) is 13.6 Å². The van der Waals surface area contributed by atoms with Crippen LogP contribution in [0.1, 0.15) is 20.3 Å². The Balaban J connectivity index is 3.83. The molecular formula is C12H25N3O2. The van der Waals surface area contributed by atoms with Gasteiger partial charge < -0.3 is 15.1 Å². The van der Waals surface area contributed by atoms with Crippen LogP contribution in [0.25, 0.3) is 0 Å². The highest BCUT2D eigenvalue weighted by Crippen LogP contribution is 1.96. The van der Waals surface area contributed by atoms with Crippen LogP contribution in [0.4, 0.5) is 0 Å². The van der Waals surface area contributed by atoms with E-state index in [0.717, 1.165) is 6.42 Å². The molecule has 0 bridgehead atoms. The Bertz CT molecular complexity index is 252. The largest absolute Gasteiger partial charge is 0.355 e. The molecule has 1 N–H and O–H groups in total. The van der Waals surface area contributed by atoms with Gasteiger partial charge in [-0.1, -0.05) is 13.8 Å². The van der Waals surface area contributed by atoms with Crippen LogP contribution < -0.4 is 5.32 Å². The summed E-state index contributed by atoms with van der Waals surface area (Å²) in [6.07, 6.45) is 0.959. The first kappa shape index (κ1) is 15.9. The summed E-state index contributed by atoms with van der Waals surface area (Å²) < 4.78 is 0. The molecule has 17 heavy (non-hydrogen) atoms. The van der Waals surface area contributed by atoms with Crippen molar-refractivity contribution < 1.29 is 9.59 Å². The van der Waals surface area contributed by atoms with Crippen molar-refractivity contribution in [2.75, 3.05) is 40.8 Å². The summed E-state index contributed by atoms with van der Waals surface area (Å²) in [6, 6.07) is 0. The summed E-state index contributed by atoms with van der Waals surface area (Å²) in [5.74, 6) is 0.428. The average molecular weight is 243 g/mol. The molecule has 0 atom stereocenters. The van der Waals surface area contributed by atoms with E-state index in [9.17, 15) is 9.59 Å². The van der Waals surface area contributed by atoms with Crippen LogP contribution in [-0.2, 0) is 9.59 Å². The first-order valence-corrected chi connectivity index (χ1v) is 5.98. The molecule has 0 aromatic carbocycles. The van der Waals surface area contributed by atoms with E-state index in [1.165, 1.54) is 4.90 Å². The molecule has 5 nitrogen and oxygen atoms in total. The summed E-state index contributed by atoms with van der Waals surface area (Å²) in [6.45, 7) is 5.35. The number of amides is 2. The van der Waals surface area contributed by atoms with Crippen molar-refractivity contribution in [2.24, 2.45) is 5.92 Å². The Kier molecular flexibility index (Phi) is 7.54. The number of rotatable bonds is 7. The van der Waals surface area contributed by atoms with Crippen molar-refractivity contribution in [1.82, 2.24) is 15.1 Å². The van der Waals surface area contributed by atoms with Gasteiger partial charge in [-0.05, 0) is 26.4 Å². The van der Waals surface area contributed by atoms with E-state index < -0.39 is 0 Å². The van der Waals surface area contributed by atoms with Crippen LogP contribution in [0.15, 0.2) is 0 Å². The third kappa shape index (κ3) is 8.68. The zero-order chi connectivity index (χ0) is 13.4. The van der Waals surface area contributed by atoms with Crippen LogP contribution in [0.5, 0.6) is 0 Å². The van der Waals surface area contributed by atoms with Gasteiger partial charge in [0.25, 0.3) is 0 Å². The lowest BCUT2D eigenvalue weighted by Gasteiger charge is -2.19. The van der Waals surface area contributed by atoms with Gasteiger partial charge in [-0.25, -0.2) is 0 Å². The van der Waals surface area contributed by atoms with Crippen molar-refractivity contribution >= 4 is 11.8 Å². The minimum absolute atomic E-state index is 0.0472. The number of carbonyl (C=O) groups excluding carboxylic acids is 2. The fraction of sp³-hybridized carbons (Fsp3) is 0.833. The zero-order valence-electron chi connectivity index (χ0n) is 11.6. The molecule has 0 rings (SSSR count). The molecule has 0 spiro atoms. The molecule has 5 heteroatoms. The maximum absolute atomic E-state index is 11.6. The molecule has 0 aliphatic rings. The molecule has 0 aromatic heterocycles. The van der Waals surface area contributed by atoms with Gasteiger partial charge in [0.05, 0.1) is 13.1 Å². The number of hydrogen-bond acceptors (Lipinski definition) is 3. The molecule has 0 aliphatic heterocycles. The molecule has 2 amide bonds. The van der Waals surface area contributed by atoms with Crippen molar-refractivity contribution in [1.29, 1.82) is 0 Å². The highest BCUT2D eigenvalue weighted by molar-refractivity contribution is 5.85. The van der Waals surface area contributed by atoms with E-state index in [-0.39, 0.29) is 18.4 Å². The lowest BCUT2D eigenvalue weighted by Crippen LogP contribution is -2.42. The van der Waals surface area contributed by atoms with Crippen molar-refractivity contribution in [2.45, 2.75) is 20.3 Å². The summed E-state index contributed by atoms with van der Waals surface area (Å²) in [7, 11) is 5.30. The Hall–Kier alpha value is -1.10. The van der Waals surface area contributed by atoms with Gasteiger partial charge in [0.2, 0.25) is 11.8 Å². The molecular weight excluding hydrogens is 218 g/mol. The van der Waals surface area contributed by atoms with E-state index in [4.69, 9.17) is 0 Å². The number of hydrogen-bond donors (Lipinski definition) is 1. The molecule has 0 fully saturated rings. The zero-order valence-corrected chi connectivity index (χ0v) is 11.6. The lowest BCUT2D eigenvalue weighted by atomic mass is 10.1. The van der Waals surface area contributed by atoms with Gasteiger partial charge in [-0.2, -0.15) is 0 Å². The maximum Gasteiger partial charge on any atom is 0.239 e. The van der Waals surface area contributed by atoms with Crippen LogP contribution >= 0.6 is 0 Å². The van der Waals surface area contributed by atoms with Gasteiger partial charge in [0.15, 0.2) is 0 Å². The summed E-state index contributed by atoms with van der Waals surface area (Å²) in [4.78, 5) is 26.3. The molecule has 0 radical (unpaired) electrons. The van der Waals surface area contributed by atoms with Crippen LogP contribution in [-0.4, -0.2) is 62.4 Å². The van der Waals surface area contributed by atoms with E-state index >= 15 is 0 Å². The Morgan fingerprint density at radius 2 is 1.71 bits per heavy atom. The number of carbonyl (C=O) groups is 2. The molecule has 0 aromatic rings. The Morgan fingerprint density at radius 3 is 2.18 bits per heavy atom. The van der Waals surface area contributed by atoms with Crippen LogP contribution in [0.2, 0.25) is 0 Å². The third-order valence-corrected chi connectivity index (χ3v) is 2.30. The third-order valence-electron chi connectivity index (χ3n) is 2.30. The molecule has 0 heterocycles. The second-order valence-electron chi connectivity index (χ2n) is 5.02. The first-order valence-electron chi connectivity index (χ1n) is 5.98. The summed E-state index contributed by atoms with van der Waals surface area (Å²) in [5.41, 5.74) is 0. The minimum Gasteiger partial charge on any atom is -0.355 e. The first-order chi connectivity index (χ1) is 7.82. The quantitative estimate of drug-likeness (QED) is 0.693. The van der Waals surface area contributed by atoms with E-state index in [2.05, 4.69) is 19.2 Å². The van der Waals surface area contributed by atoms with Gasteiger partial charge in [0.1, 0.15) is 0 Å². The molecule has 100 valence electrons. The smallest absolute Gasteiger partial charge is 0.239 e. The molecule has 0 saturated carbocycles. The minimum atomic E-state index is -0.0970. The van der Waals surface area contributed by atoms with E-state index in [1.54, 1.807) is 11.9 Å². The highest BCUT2D eigenvalue weighted by Gasteiger charge is 2.13. The summed E-state index contributed by atoms with van der Waals surface area (Å²) >= 11 is 0. The lowest BCUT2D eigenvalue weighted by molar-refractivity contribution is -0.135. The average Bonchev–Trinajstić information content (AvgIpc) is 2.15. The van der Waals surface area contributed by atoms with Crippen molar-refractivity contribution in [3.63, 3.8) is 0 Å². The second kappa shape index (κ2) is 8.06. The van der Waals surface area contributed by atoms with E-state index in [1.807, 2.05) is 14.1 Å². The monoisotopic (exact) mass is 243 g/mol. The molecule has 0 saturated heterocycles. The number of likely N-dealkylation sites (N-methyl/N-ethyl adjacent to an activating group) is 2. The fourth-order valence-electron chi connectivity index (χ4n) is 1.25. The fourth-order valence-corrected chi connectivity index (χ4v) is 1.25. The Labute approximate surface area is 104 Å². The van der Waals surface area contributed by atoms with Crippen LogP contribution in [0.3, 0.4) is 0 Å². The van der Waals surface area contributed by atoms with E-state index in [0.29, 0.717) is 19.0 Å². The topological polar surface area (TPSA) is 52.7 Å². The SMILES string of the molecule is CC(C)CCNC(=O)CN(C)C(=O)CN(C)C. The van der Waals surface area contributed by atoms with Gasteiger partial charge >= 0.3 is 0 Å². The normalized spacial score (nSPS) is 10.8. The predicted octanol–water partition coefficient (Wildman–Crippen LogP) is 0.169. The van der Waals surface area contributed by atoms with Crippen molar-refractivity contribution in [3.8, 4) is 0 Å². The maximum atomic E-state index is 11.6. The summed E-state index contributed by atoms with van der Waals surface area (Å²) in [5, 5.41) is 2.81. The molecule has 0 unspecified atom stereocenters. The standard InChI is InChI=1S/C12H25N3O2/c1-10(2)6-7-13-11(16)8-15(5)12(17)9-14(3)4/h10H,6-9H2,1-5H3,(H,13,16). The second-order valence-corrected chi connectivity index (χ2v) is 5.02. The number of nitrogens with one attached hydrogen (secondary N) is 1. The van der Waals surface area contributed by atoms with Gasteiger partial charge in [-0.15, -0.1) is 0 Å². The van der Waals surface area contributed by atoms with Crippen molar-refractivity contribution in [3.05, 3.63) is 0 Å². The Morgan fingerprint density at radius 1 is 1.12 bits per heavy atom. The van der Waals surface area contributed by atoms with Crippen LogP contribution in [0, 0.1) is 5.92 Å². The number of nitrogens with zero attached hydrogens (tertiary/aromatic N) is 2. The highest BCUT2D eigenvalue weighted by atomic mass is 16.2. The van der Waals surface area contributed by atoms with Gasteiger partial charge in [-0.3, -0.25) is 9.59 Å². The predicted molar refractivity (Wildman–Crippen MR) is 68.7 cm³/mol. The molecule has 0 aliphatic carbocycles.